The number of piperidine rings is 1. The third-order valence-corrected chi connectivity index (χ3v) is 10.8. The second kappa shape index (κ2) is 6.39. The molecule has 1 amide bonds. The van der Waals surface area contributed by atoms with Gasteiger partial charge in [-0.05, 0) is 92.6 Å². The fraction of sp³-hybridized carbons (Fsp3) is 0.957. The highest BCUT2D eigenvalue weighted by Crippen LogP contribution is 2.65. The van der Waals surface area contributed by atoms with Crippen LogP contribution in [-0.4, -0.2) is 47.5 Å². The summed E-state index contributed by atoms with van der Waals surface area (Å²) in [5.74, 6) is 3.00. The summed E-state index contributed by atoms with van der Waals surface area (Å²) in [5, 5.41) is 4.20. The molecule has 27 heavy (non-hydrogen) atoms. The molecular weight excluding hydrogens is 352 g/mol. The van der Waals surface area contributed by atoms with Gasteiger partial charge in [0, 0.05) is 25.2 Å². The minimum atomic E-state index is 0.177. The average Bonchev–Trinajstić information content (AvgIpc) is 3.40. The number of nitrogens with zero attached hydrogens (tertiary/aromatic N) is 1. The summed E-state index contributed by atoms with van der Waals surface area (Å²) < 4.78 is 0. The number of amides is 1. The number of hydrogen-bond acceptors (Lipinski definition) is 3. The molecule has 5 fully saturated rings. The van der Waals surface area contributed by atoms with Crippen LogP contribution in [0.3, 0.4) is 0 Å². The molecule has 4 saturated carbocycles. The molecule has 1 saturated heterocycles. The van der Waals surface area contributed by atoms with Gasteiger partial charge in [-0.3, -0.25) is 4.79 Å². The number of thioether (sulfide) groups is 1. The topological polar surface area (TPSA) is 32.3 Å². The van der Waals surface area contributed by atoms with Crippen molar-refractivity contribution < 1.29 is 4.79 Å². The number of likely N-dealkylation sites (tertiary alicyclic amines) is 1. The second-order valence-electron chi connectivity index (χ2n) is 11.0. The van der Waals surface area contributed by atoms with E-state index in [4.69, 9.17) is 0 Å². The van der Waals surface area contributed by atoms with Gasteiger partial charge in [-0.2, -0.15) is 11.8 Å². The van der Waals surface area contributed by atoms with E-state index in [1.807, 2.05) is 0 Å². The standard InChI is InChI=1S/C23H38N2OS/c1-22-12-11-17-15(16(22)8-9-19(22)24-14-5-6-14)7-10-20-23(17,2)13-18(27-4)21(26)25(20)3/h14-20,24H,5-13H2,1-4H3/t15-,16-,17-,18+,19-,20+,22-,23+/m0/s1. The van der Waals surface area contributed by atoms with E-state index in [1.54, 1.807) is 11.8 Å². The largest absolute Gasteiger partial charge is 0.341 e. The molecule has 1 N–H and O–H groups in total. The lowest BCUT2D eigenvalue weighted by Crippen LogP contribution is -2.64. The number of rotatable bonds is 3. The average molecular weight is 391 g/mol. The number of nitrogens with one attached hydrogen (secondary N) is 1. The quantitative estimate of drug-likeness (QED) is 0.779. The van der Waals surface area contributed by atoms with E-state index in [2.05, 4.69) is 37.4 Å². The highest BCUT2D eigenvalue weighted by atomic mass is 32.2. The SMILES string of the molecule is CS[C@@H]1C[C@]2(C)[C@H]3CC[C@]4(C)[C@@H](NC5CC5)CC[C@H]4[C@@H]3CC[C@H]2N(C)C1=O. The number of hydrogen-bond donors (Lipinski definition) is 1. The first-order chi connectivity index (χ1) is 12.9. The van der Waals surface area contributed by atoms with Gasteiger partial charge in [0.15, 0.2) is 0 Å². The molecule has 0 unspecified atom stereocenters. The van der Waals surface area contributed by atoms with Crippen LogP contribution in [0, 0.1) is 28.6 Å². The first-order valence-electron chi connectivity index (χ1n) is 11.4. The molecule has 0 aromatic heterocycles. The Labute approximate surface area is 169 Å². The molecule has 4 heteroatoms. The van der Waals surface area contributed by atoms with E-state index >= 15 is 0 Å². The predicted molar refractivity (Wildman–Crippen MR) is 113 cm³/mol. The molecule has 3 nitrogen and oxygen atoms in total. The van der Waals surface area contributed by atoms with Crippen molar-refractivity contribution >= 4 is 17.7 Å². The molecule has 5 aliphatic rings. The molecule has 1 aliphatic heterocycles. The van der Waals surface area contributed by atoms with Gasteiger partial charge in [0.05, 0.1) is 5.25 Å². The van der Waals surface area contributed by atoms with Crippen molar-refractivity contribution in [1.82, 2.24) is 10.2 Å². The summed E-state index contributed by atoms with van der Waals surface area (Å²) in [4.78, 5) is 14.9. The van der Waals surface area contributed by atoms with Gasteiger partial charge in [0.1, 0.15) is 0 Å². The number of carbonyl (C=O) groups excluding carboxylic acids is 1. The fourth-order valence-corrected chi connectivity index (χ4v) is 9.11. The van der Waals surface area contributed by atoms with Crippen LogP contribution < -0.4 is 5.32 Å². The zero-order chi connectivity index (χ0) is 19.0. The Balaban J connectivity index is 1.41. The zero-order valence-electron chi connectivity index (χ0n) is 17.7. The van der Waals surface area contributed by atoms with Gasteiger partial charge >= 0.3 is 0 Å². The summed E-state index contributed by atoms with van der Waals surface area (Å²) in [6, 6.07) is 2.06. The Bertz CT molecular complexity index is 621. The molecule has 4 aliphatic carbocycles. The lowest BCUT2D eigenvalue weighted by molar-refractivity contribution is -0.156. The Kier molecular flexibility index (Phi) is 4.44. The van der Waals surface area contributed by atoms with Crippen LogP contribution >= 0.6 is 11.8 Å². The minimum absolute atomic E-state index is 0.177. The Morgan fingerprint density at radius 2 is 1.74 bits per heavy atom. The minimum Gasteiger partial charge on any atom is -0.341 e. The normalized spacial score (nSPS) is 52.3. The van der Waals surface area contributed by atoms with Gasteiger partial charge in [-0.15, -0.1) is 0 Å². The maximum absolute atomic E-state index is 12.8. The van der Waals surface area contributed by atoms with Crippen LogP contribution in [-0.2, 0) is 4.79 Å². The highest BCUT2D eigenvalue weighted by molar-refractivity contribution is 7.99. The fourth-order valence-electron chi connectivity index (χ4n) is 8.22. The van der Waals surface area contributed by atoms with Crippen LogP contribution in [0.1, 0.15) is 71.6 Å². The van der Waals surface area contributed by atoms with Crippen molar-refractivity contribution in [1.29, 1.82) is 0 Å². The second-order valence-corrected chi connectivity index (χ2v) is 12.0. The highest BCUT2D eigenvalue weighted by Gasteiger charge is 2.62. The maximum Gasteiger partial charge on any atom is 0.235 e. The van der Waals surface area contributed by atoms with E-state index in [-0.39, 0.29) is 5.25 Å². The van der Waals surface area contributed by atoms with Crippen LogP contribution in [0.5, 0.6) is 0 Å². The Morgan fingerprint density at radius 3 is 2.44 bits per heavy atom. The Hall–Kier alpha value is -0.220. The molecular formula is C23H38N2OS. The maximum atomic E-state index is 12.8. The smallest absolute Gasteiger partial charge is 0.235 e. The summed E-state index contributed by atoms with van der Waals surface area (Å²) in [5.41, 5.74) is 0.838. The van der Waals surface area contributed by atoms with Gasteiger partial charge in [0.25, 0.3) is 0 Å². The summed E-state index contributed by atoms with van der Waals surface area (Å²) in [6.07, 6.45) is 14.2. The van der Waals surface area contributed by atoms with Crippen LogP contribution in [0.2, 0.25) is 0 Å². The molecule has 8 atom stereocenters. The number of fused-ring (bicyclic) bond motifs is 5. The van der Waals surface area contributed by atoms with Crippen molar-refractivity contribution in [2.24, 2.45) is 28.6 Å². The summed E-state index contributed by atoms with van der Waals surface area (Å²) >= 11 is 1.78. The van der Waals surface area contributed by atoms with E-state index in [0.717, 1.165) is 36.3 Å². The lowest BCUT2D eigenvalue weighted by Gasteiger charge is -2.62. The molecule has 1 heterocycles. The number of carbonyl (C=O) groups is 1. The van der Waals surface area contributed by atoms with E-state index < -0.39 is 0 Å². The van der Waals surface area contributed by atoms with E-state index in [0.29, 0.717) is 22.8 Å². The molecule has 0 aromatic rings. The molecule has 0 radical (unpaired) electrons. The van der Waals surface area contributed by atoms with Crippen LogP contribution in [0.15, 0.2) is 0 Å². The first kappa shape index (κ1) is 18.8. The lowest BCUT2D eigenvalue weighted by atomic mass is 9.47. The third kappa shape index (κ3) is 2.68. The van der Waals surface area contributed by atoms with Crippen molar-refractivity contribution in [3.8, 4) is 0 Å². The third-order valence-electron chi connectivity index (χ3n) is 9.83. The van der Waals surface area contributed by atoms with Crippen LogP contribution in [0.25, 0.3) is 0 Å². The van der Waals surface area contributed by atoms with Crippen LogP contribution in [0.4, 0.5) is 0 Å². The first-order valence-corrected chi connectivity index (χ1v) is 12.7. The molecule has 5 rings (SSSR count). The monoisotopic (exact) mass is 390 g/mol. The zero-order valence-corrected chi connectivity index (χ0v) is 18.5. The molecule has 0 spiro atoms. The van der Waals surface area contributed by atoms with Gasteiger partial charge < -0.3 is 10.2 Å². The summed E-state index contributed by atoms with van der Waals surface area (Å²) in [7, 11) is 2.09. The van der Waals surface area contributed by atoms with E-state index in [1.165, 1.54) is 51.4 Å². The van der Waals surface area contributed by atoms with Crippen molar-refractivity contribution in [2.45, 2.75) is 95.0 Å². The van der Waals surface area contributed by atoms with Gasteiger partial charge in [-0.1, -0.05) is 13.8 Å². The molecule has 0 aromatic carbocycles. The van der Waals surface area contributed by atoms with Crippen molar-refractivity contribution in [3.05, 3.63) is 0 Å². The van der Waals surface area contributed by atoms with E-state index in [9.17, 15) is 4.79 Å². The van der Waals surface area contributed by atoms with Gasteiger partial charge in [-0.25, -0.2) is 0 Å². The van der Waals surface area contributed by atoms with Gasteiger partial charge in [0.2, 0.25) is 5.91 Å². The van der Waals surface area contributed by atoms with Crippen molar-refractivity contribution in [3.63, 3.8) is 0 Å². The summed E-state index contributed by atoms with van der Waals surface area (Å²) in [6.45, 7) is 5.18. The predicted octanol–water partition coefficient (Wildman–Crippen LogP) is 4.31. The molecule has 152 valence electrons. The van der Waals surface area contributed by atoms with Crippen molar-refractivity contribution in [2.75, 3.05) is 13.3 Å². The Morgan fingerprint density at radius 1 is 1.00 bits per heavy atom. The molecule has 0 bridgehead atoms.